The van der Waals surface area contributed by atoms with E-state index in [0.29, 0.717) is 21.2 Å². The number of para-hydroxylation sites is 2. The fourth-order valence-corrected chi connectivity index (χ4v) is 2.79. The standard InChI is InChI=1S/C15H6Cl2N4/c16-9-5-8-12(6-10(9)17)19-14(7-18)21-13-4-2-1-3-11(13)20-15(8)21/h1-6H. The molecule has 0 spiro atoms. The molecule has 4 nitrogen and oxygen atoms in total. The molecule has 2 heterocycles. The van der Waals surface area contributed by atoms with Crippen molar-refractivity contribution in [3.63, 3.8) is 0 Å². The normalized spacial score (nSPS) is 11.3. The molecule has 0 unspecified atom stereocenters. The van der Waals surface area contributed by atoms with Crippen molar-refractivity contribution in [3.05, 3.63) is 52.3 Å². The zero-order valence-corrected chi connectivity index (χ0v) is 12.0. The Hall–Kier alpha value is -2.35. The maximum atomic E-state index is 9.38. The molecule has 6 heteroatoms. The molecule has 0 fully saturated rings. The molecule has 2 aromatic heterocycles. The number of hydrogen-bond acceptors (Lipinski definition) is 3. The van der Waals surface area contributed by atoms with E-state index >= 15 is 0 Å². The van der Waals surface area contributed by atoms with Crippen molar-refractivity contribution in [2.24, 2.45) is 0 Å². The summed E-state index contributed by atoms with van der Waals surface area (Å²) in [5.74, 6) is 0.268. The molecule has 0 atom stereocenters. The van der Waals surface area contributed by atoms with Gasteiger partial charge in [0.25, 0.3) is 0 Å². The van der Waals surface area contributed by atoms with Crippen LogP contribution in [0.25, 0.3) is 27.6 Å². The molecule has 0 aliphatic carbocycles. The van der Waals surface area contributed by atoms with E-state index in [-0.39, 0.29) is 5.82 Å². The molecule has 0 aliphatic rings. The van der Waals surface area contributed by atoms with Crippen molar-refractivity contribution in [2.75, 3.05) is 0 Å². The SMILES string of the molecule is N#Cc1nc2cc(Cl)c(Cl)cc2c2nc3ccccc3n12. The fourth-order valence-electron chi connectivity index (χ4n) is 2.47. The predicted octanol–water partition coefficient (Wildman–Crippen LogP) is 4.21. The van der Waals surface area contributed by atoms with Crippen molar-refractivity contribution in [2.45, 2.75) is 0 Å². The van der Waals surface area contributed by atoms with Gasteiger partial charge in [-0.1, -0.05) is 35.3 Å². The number of rotatable bonds is 0. The summed E-state index contributed by atoms with van der Waals surface area (Å²) in [4.78, 5) is 8.96. The lowest BCUT2D eigenvalue weighted by Crippen LogP contribution is -1.98. The van der Waals surface area contributed by atoms with Gasteiger partial charge in [0.05, 0.1) is 26.6 Å². The lowest BCUT2D eigenvalue weighted by atomic mass is 10.2. The monoisotopic (exact) mass is 312 g/mol. The summed E-state index contributed by atoms with van der Waals surface area (Å²) < 4.78 is 1.74. The lowest BCUT2D eigenvalue weighted by molar-refractivity contribution is 1.10. The largest absolute Gasteiger partial charge is 0.267 e. The van der Waals surface area contributed by atoms with Crippen molar-refractivity contribution < 1.29 is 0 Å². The first-order chi connectivity index (χ1) is 10.2. The van der Waals surface area contributed by atoms with Crippen LogP contribution in [0, 0.1) is 11.3 Å². The van der Waals surface area contributed by atoms with Crippen LogP contribution in [-0.2, 0) is 0 Å². The van der Waals surface area contributed by atoms with E-state index in [1.165, 1.54) is 0 Å². The van der Waals surface area contributed by atoms with E-state index in [9.17, 15) is 5.26 Å². The molecule has 4 rings (SSSR count). The number of nitrogens with zero attached hydrogens (tertiary/aromatic N) is 4. The van der Waals surface area contributed by atoms with Crippen molar-refractivity contribution >= 4 is 50.8 Å². The molecule has 100 valence electrons. The average Bonchev–Trinajstić information content (AvgIpc) is 2.88. The summed E-state index contributed by atoms with van der Waals surface area (Å²) in [6, 6.07) is 13.1. The van der Waals surface area contributed by atoms with Gasteiger partial charge in [-0.05, 0) is 24.3 Å². The highest BCUT2D eigenvalue weighted by Crippen LogP contribution is 2.31. The second-order valence-electron chi connectivity index (χ2n) is 4.59. The van der Waals surface area contributed by atoms with E-state index in [4.69, 9.17) is 23.2 Å². The first-order valence-corrected chi connectivity index (χ1v) is 6.90. The smallest absolute Gasteiger partial charge is 0.219 e. The summed E-state index contributed by atoms with van der Waals surface area (Å²) in [6.45, 7) is 0. The second kappa shape index (κ2) is 4.32. The molecule has 0 amide bonds. The molecule has 0 radical (unpaired) electrons. The average molecular weight is 313 g/mol. The van der Waals surface area contributed by atoms with Crippen molar-refractivity contribution in [1.29, 1.82) is 5.26 Å². The molecule has 0 N–H and O–H groups in total. The highest BCUT2D eigenvalue weighted by Gasteiger charge is 2.14. The predicted molar refractivity (Wildman–Crippen MR) is 82.7 cm³/mol. The number of aromatic nitrogens is 3. The molecule has 0 saturated carbocycles. The molecule has 0 aliphatic heterocycles. The zero-order valence-electron chi connectivity index (χ0n) is 10.5. The van der Waals surface area contributed by atoms with Crippen LogP contribution in [-0.4, -0.2) is 14.4 Å². The summed E-state index contributed by atoms with van der Waals surface area (Å²) >= 11 is 12.1. The quantitative estimate of drug-likeness (QED) is 0.488. The van der Waals surface area contributed by atoms with Crippen LogP contribution in [0.4, 0.5) is 0 Å². The number of nitriles is 1. The number of fused-ring (bicyclic) bond motifs is 5. The first-order valence-electron chi connectivity index (χ1n) is 6.15. The number of hydrogen-bond donors (Lipinski definition) is 0. The zero-order chi connectivity index (χ0) is 14.6. The summed E-state index contributed by atoms with van der Waals surface area (Å²) in [6.07, 6.45) is 0. The number of imidazole rings is 1. The van der Waals surface area contributed by atoms with Crippen molar-refractivity contribution in [1.82, 2.24) is 14.4 Å². The molecular weight excluding hydrogens is 307 g/mol. The van der Waals surface area contributed by atoms with Crippen molar-refractivity contribution in [3.8, 4) is 6.07 Å². The van der Waals surface area contributed by atoms with Crippen LogP contribution in [0.3, 0.4) is 0 Å². The Balaban J connectivity index is 2.34. The van der Waals surface area contributed by atoms with E-state index in [1.54, 1.807) is 16.5 Å². The Morgan fingerprint density at radius 2 is 1.76 bits per heavy atom. The van der Waals surface area contributed by atoms with Gasteiger partial charge in [0.2, 0.25) is 5.82 Å². The van der Waals surface area contributed by atoms with Gasteiger partial charge < -0.3 is 0 Å². The molecular formula is C15H6Cl2N4. The molecule has 0 saturated heterocycles. The minimum Gasteiger partial charge on any atom is -0.267 e. The topological polar surface area (TPSA) is 54.0 Å². The summed E-state index contributed by atoms with van der Waals surface area (Å²) in [5, 5.41) is 11.0. The van der Waals surface area contributed by atoms with Gasteiger partial charge in [0.1, 0.15) is 11.7 Å². The van der Waals surface area contributed by atoms with E-state index in [1.807, 2.05) is 24.3 Å². The van der Waals surface area contributed by atoms with Crippen LogP contribution in [0.5, 0.6) is 0 Å². The molecule has 0 bridgehead atoms. The third-order valence-electron chi connectivity index (χ3n) is 3.38. The summed E-state index contributed by atoms with van der Waals surface area (Å²) in [5.41, 5.74) is 2.89. The Labute approximate surface area is 129 Å². The minimum atomic E-state index is 0.268. The Morgan fingerprint density at radius 1 is 1.00 bits per heavy atom. The highest BCUT2D eigenvalue weighted by atomic mass is 35.5. The summed E-state index contributed by atoms with van der Waals surface area (Å²) in [7, 11) is 0. The number of halogens is 2. The van der Waals surface area contributed by atoms with Crippen LogP contribution in [0.2, 0.25) is 10.0 Å². The van der Waals surface area contributed by atoms with Gasteiger partial charge in [-0.25, -0.2) is 9.97 Å². The second-order valence-corrected chi connectivity index (χ2v) is 5.40. The Morgan fingerprint density at radius 3 is 2.57 bits per heavy atom. The Kier molecular flexibility index (Phi) is 2.55. The van der Waals surface area contributed by atoms with Gasteiger partial charge >= 0.3 is 0 Å². The molecule has 4 aromatic rings. The van der Waals surface area contributed by atoms with Gasteiger partial charge in [0, 0.05) is 5.39 Å². The van der Waals surface area contributed by atoms with Crippen LogP contribution >= 0.6 is 23.2 Å². The van der Waals surface area contributed by atoms with E-state index in [2.05, 4.69) is 16.0 Å². The first kappa shape index (κ1) is 12.4. The fraction of sp³-hybridized carbons (Fsp3) is 0. The molecule has 2 aromatic carbocycles. The van der Waals surface area contributed by atoms with E-state index in [0.717, 1.165) is 16.4 Å². The van der Waals surface area contributed by atoms with Crippen LogP contribution < -0.4 is 0 Å². The highest BCUT2D eigenvalue weighted by molar-refractivity contribution is 6.42. The maximum absolute atomic E-state index is 9.38. The van der Waals surface area contributed by atoms with Gasteiger partial charge in [-0.3, -0.25) is 4.40 Å². The minimum absolute atomic E-state index is 0.268. The van der Waals surface area contributed by atoms with Crippen LogP contribution in [0.15, 0.2) is 36.4 Å². The number of benzene rings is 2. The molecule has 21 heavy (non-hydrogen) atoms. The van der Waals surface area contributed by atoms with E-state index < -0.39 is 0 Å². The third-order valence-corrected chi connectivity index (χ3v) is 4.10. The Bertz CT molecular complexity index is 1080. The van der Waals surface area contributed by atoms with Gasteiger partial charge in [-0.2, -0.15) is 5.26 Å². The third kappa shape index (κ3) is 1.69. The van der Waals surface area contributed by atoms with Gasteiger partial charge in [0.15, 0.2) is 0 Å². The van der Waals surface area contributed by atoms with Gasteiger partial charge in [-0.15, -0.1) is 0 Å². The maximum Gasteiger partial charge on any atom is 0.219 e. The van der Waals surface area contributed by atoms with Crippen LogP contribution in [0.1, 0.15) is 5.82 Å². The lowest BCUT2D eigenvalue weighted by Gasteiger charge is -2.05.